The SMILES string of the molecule is O=C(Nc1nc(Cl)ccc1[N+](=O)[O-])c1cncc(O)c1. The van der Waals surface area contributed by atoms with Crippen LogP contribution >= 0.6 is 11.6 Å². The lowest BCUT2D eigenvalue weighted by molar-refractivity contribution is -0.384. The van der Waals surface area contributed by atoms with Gasteiger partial charge in [-0.3, -0.25) is 19.9 Å². The highest BCUT2D eigenvalue weighted by Gasteiger charge is 2.19. The van der Waals surface area contributed by atoms with Crippen molar-refractivity contribution in [2.75, 3.05) is 5.32 Å². The maximum absolute atomic E-state index is 11.9. The van der Waals surface area contributed by atoms with Gasteiger partial charge in [-0.15, -0.1) is 0 Å². The molecule has 0 aliphatic carbocycles. The van der Waals surface area contributed by atoms with E-state index in [2.05, 4.69) is 15.3 Å². The number of hydrogen-bond donors (Lipinski definition) is 2. The van der Waals surface area contributed by atoms with Crippen LogP contribution in [0.3, 0.4) is 0 Å². The highest BCUT2D eigenvalue weighted by Crippen LogP contribution is 2.24. The van der Waals surface area contributed by atoms with Crippen molar-refractivity contribution in [3.63, 3.8) is 0 Å². The molecule has 2 heterocycles. The van der Waals surface area contributed by atoms with E-state index in [1.807, 2.05) is 0 Å². The average Bonchev–Trinajstić information content (AvgIpc) is 2.38. The van der Waals surface area contributed by atoms with Gasteiger partial charge in [0.25, 0.3) is 5.91 Å². The fourth-order valence-electron chi connectivity index (χ4n) is 1.40. The molecule has 2 aromatic heterocycles. The summed E-state index contributed by atoms with van der Waals surface area (Å²) in [6.07, 6.45) is 2.35. The maximum Gasteiger partial charge on any atom is 0.311 e. The average molecular weight is 295 g/mol. The van der Waals surface area contributed by atoms with Crippen molar-refractivity contribution in [3.8, 4) is 5.75 Å². The fraction of sp³-hybridized carbons (Fsp3) is 0. The number of carbonyl (C=O) groups is 1. The molecule has 0 aliphatic rings. The number of anilines is 1. The van der Waals surface area contributed by atoms with E-state index in [4.69, 9.17) is 11.6 Å². The minimum absolute atomic E-state index is 0.0000612. The van der Waals surface area contributed by atoms with Gasteiger partial charge in [0.05, 0.1) is 16.7 Å². The predicted molar refractivity (Wildman–Crippen MR) is 69.8 cm³/mol. The molecule has 0 saturated carbocycles. The molecule has 0 spiro atoms. The van der Waals surface area contributed by atoms with Crippen LogP contribution in [0.25, 0.3) is 0 Å². The summed E-state index contributed by atoms with van der Waals surface area (Å²) in [4.78, 5) is 29.3. The third kappa shape index (κ3) is 2.98. The van der Waals surface area contributed by atoms with E-state index < -0.39 is 16.5 Å². The Kier molecular flexibility index (Phi) is 3.76. The van der Waals surface area contributed by atoms with Gasteiger partial charge < -0.3 is 10.4 Å². The minimum Gasteiger partial charge on any atom is -0.506 e. The molecular weight excluding hydrogens is 288 g/mol. The van der Waals surface area contributed by atoms with E-state index in [-0.39, 0.29) is 22.3 Å². The highest BCUT2D eigenvalue weighted by molar-refractivity contribution is 6.29. The molecule has 102 valence electrons. The van der Waals surface area contributed by atoms with Crippen LogP contribution < -0.4 is 5.32 Å². The number of halogens is 1. The van der Waals surface area contributed by atoms with Crippen molar-refractivity contribution >= 4 is 29.0 Å². The zero-order valence-corrected chi connectivity index (χ0v) is 10.5. The fourth-order valence-corrected chi connectivity index (χ4v) is 1.55. The summed E-state index contributed by atoms with van der Waals surface area (Å²) in [5, 5.41) is 22.3. The second kappa shape index (κ2) is 5.49. The monoisotopic (exact) mass is 294 g/mol. The number of nitrogens with one attached hydrogen (secondary N) is 1. The van der Waals surface area contributed by atoms with Gasteiger partial charge in [-0.1, -0.05) is 11.6 Å². The Morgan fingerprint density at radius 3 is 2.80 bits per heavy atom. The molecule has 8 nitrogen and oxygen atoms in total. The molecule has 1 amide bonds. The predicted octanol–water partition coefficient (Wildman–Crippen LogP) is 2.00. The standard InChI is InChI=1S/C11H7ClN4O4/c12-9-2-1-8(16(19)20)10(14-9)15-11(18)6-3-7(17)5-13-4-6/h1-5,17H,(H,14,15,18). The first-order valence-corrected chi connectivity index (χ1v) is 5.61. The van der Waals surface area contributed by atoms with Gasteiger partial charge in [0.1, 0.15) is 10.9 Å². The Morgan fingerprint density at radius 2 is 2.15 bits per heavy atom. The zero-order chi connectivity index (χ0) is 14.7. The first-order chi connectivity index (χ1) is 9.47. The van der Waals surface area contributed by atoms with Gasteiger partial charge in [-0.05, 0) is 12.1 Å². The van der Waals surface area contributed by atoms with Gasteiger partial charge in [0, 0.05) is 12.3 Å². The van der Waals surface area contributed by atoms with Crippen LogP contribution in [-0.2, 0) is 0 Å². The molecule has 0 atom stereocenters. The lowest BCUT2D eigenvalue weighted by Gasteiger charge is -2.05. The molecule has 0 aliphatic heterocycles. The zero-order valence-electron chi connectivity index (χ0n) is 9.78. The minimum atomic E-state index is -0.703. The molecule has 2 aromatic rings. The van der Waals surface area contributed by atoms with Crippen molar-refractivity contribution in [2.45, 2.75) is 0 Å². The van der Waals surface area contributed by atoms with E-state index in [1.165, 1.54) is 18.3 Å². The quantitative estimate of drug-likeness (QED) is 0.507. The van der Waals surface area contributed by atoms with Crippen molar-refractivity contribution < 1.29 is 14.8 Å². The summed E-state index contributed by atoms with van der Waals surface area (Å²) < 4.78 is 0. The molecule has 0 saturated heterocycles. The molecule has 2 N–H and O–H groups in total. The van der Waals surface area contributed by atoms with Crippen LogP contribution in [0.4, 0.5) is 11.5 Å². The van der Waals surface area contributed by atoms with Crippen LogP contribution in [-0.4, -0.2) is 25.9 Å². The molecule has 0 radical (unpaired) electrons. The van der Waals surface area contributed by atoms with Crippen LogP contribution in [0.15, 0.2) is 30.6 Å². The van der Waals surface area contributed by atoms with Gasteiger partial charge in [0.2, 0.25) is 5.82 Å². The van der Waals surface area contributed by atoms with Crippen LogP contribution in [0.1, 0.15) is 10.4 Å². The smallest absolute Gasteiger partial charge is 0.311 e. The highest BCUT2D eigenvalue weighted by atomic mass is 35.5. The summed E-state index contributed by atoms with van der Waals surface area (Å²) in [6, 6.07) is 3.54. The molecule has 9 heteroatoms. The Balaban J connectivity index is 2.32. The van der Waals surface area contributed by atoms with E-state index in [0.29, 0.717) is 0 Å². The number of nitro groups is 1. The second-order valence-electron chi connectivity index (χ2n) is 3.64. The van der Waals surface area contributed by atoms with Crippen molar-refractivity contribution in [1.29, 1.82) is 0 Å². The molecule has 2 rings (SSSR count). The van der Waals surface area contributed by atoms with Crippen molar-refractivity contribution in [1.82, 2.24) is 9.97 Å². The number of nitrogens with zero attached hydrogens (tertiary/aromatic N) is 3. The third-order valence-electron chi connectivity index (χ3n) is 2.25. The number of aromatic nitrogens is 2. The number of pyridine rings is 2. The first-order valence-electron chi connectivity index (χ1n) is 5.23. The van der Waals surface area contributed by atoms with Crippen LogP contribution in [0.5, 0.6) is 5.75 Å². The lowest BCUT2D eigenvalue weighted by Crippen LogP contribution is -2.14. The number of aromatic hydroxyl groups is 1. The Hall–Kier alpha value is -2.74. The van der Waals surface area contributed by atoms with E-state index in [1.54, 1.807) is 0 Å². The number of hydrogen-bond acceptors (Lipinski definition) is 6. The van der Waals surface area contributed by atoms with Gasteiger partial charge in [0.15, 0.2) is 0 Å². The van der Waals surface area contributed by atoms with E-state index in [0.717, 1.165) is 12.3 Å². The number of rotatable bonds is 3. The third-order valence-corrected chi connectivity index (χ3v) is 2.47. The molecule has 0 bridgehead atoms. The summed E-state index contributed by atoms with van der Waals surface area (Å²) in [5.74, 6) is -1.19. The summed E-state index contributed by atoms with van der Waals surface area (Å²) in [7, 11) is 0. The van der Waals surface area contributed by atoms with Crippen LogP contribution in [0.2, 0.25) is 5.15 Å². The van der Waals surface area contributed by atoms with Gasteiger partial charge in [-0.25, -0.2) is 4.98 Å². The summed E-state index contributed by atoms with van der Waals surface area (Å²) >= 11 is 5.64. The van der Waals surface area contributed by atoms with Crippen molar-refractivity contribution in [3.05, 3.63) is 51.4 Å². The molecule has 0 unspecified atom stereocenters. The number of amides is 1. The number of carbonyl (C=O) groups excluding carboxylic acids is 1. The van der Waals surface area contributed by atoms with E-state index in [9.17, 15) is 20.0 Å². The molecule has 0 fully saturated rings. The van der Waals surface area contributed by atoms with Gasteiger partial charge in [-0.2, -0.15) is 0 Å². The van der Waals surface area contributed by atoms with E-state index >= 15 is 0 Å². The maximum atomic E-state index is 11.9. The molecule has 20 heavy (non-hydrogen) atoms. The molecule has 0 aromatic carbocycles. The van der Waals surface area contributed by atoms with Crippen LogP contribution in [0, 0.1) is 10.1 Å². The Labute approximate surface area is 117 Å². The Bertz CT molecular complexity index is 692. The largest absolute Gasteiger partial charge is 0.506 e. The van der Waals surface area contributed by atoms with Crippen molar-refractivity contribution in [2.24, 2.45) is 0 Å². The Morgan fingerprint density at radius 1 is 1.40 bits per heavy atom. The topological polar surface area (TPSA) is 118 Å². The summed E-state index contributed by atoms with van der Waals surface area (Å²) in [6.45, 7) is 0. The summed E-state index contributed by atoms with van der Waals surface area (Å²) in [5.41, 5.74) is -0.364. The normalized spacial score (nSPS) is 10.1. The van der Waals surface area contributed by atoms with Gasteiger partial charge >= 0.3 is 5.69 Å². The lowest BCUT2D eigenvalue weighted by atomic mass is 10.2. The first kappa shape index (κ1) is 13.7. The molecular formula is C11H7ClN4O4. The second-order valence-corrected chi connectivity index (χ2v) is 4.03.